The largest absolute Gasteiger partial charge is 0.306 e. The number of halogens is 2. The molecule has 2 aromatic heterocycles. The Kier molecular flexibility index (Phi) is 6.04. The lowest BCUT2D eigenvalue weighted by Crippen LogP contribution is -2.14. The van der Waals surface area contributed by atoms with E-state index in [4.69, 9.17) is 23.2 Å². The van der Waals surface area contributed by atoms with Gasteiger partial charge in [-0.1, -0.05) is 35.3 Å². The van der Waals surface area contributed by atoms with Crippen molar-refractivity contribution >= 4 is 51.3 Å². The third-order valence-electron chi connectivity index (χ3n) is 3.59. The van der Waals surface area contributed by atoms with E-state index in [2.05, 4.69) is 15.4 Å². The smallest absolute Gasteiger partial charge is 0.302 e. The van der Waals surface area contributed by atoms with E-state index in [-0.39, 0.29) is 24.6 Å². The van der Waals surface area contributed by atoms with Gasteiger partial charge in [-0.15, -0.1) is 11.3 Å². The molecule has 0 spiro atoms. The first-order valence-electron chi connectivity index (χ1n) is 7.76. The van der Waals surface area contributed by atoms with Gasteiger partial charge in [0.1, 0.15) is 12.4 Å². The van der Waals surface area contributed by atoms with Crippen molar-refractivity contribution in [2.75, 3.05) is 5.32 Å². The van der Waals surface area contributed by atoms with Crippen molar-refractivity contribution < 1.29 is 9.72 Å². The Hall–Kier alpha value is -2.49. The predicted octanol–water partition coefficient (Wildman–Crippen LogP) is 4.17. The molecule has 0 unspecified atom stereocenters. The Bertz CT molecular complexity index is 988. The number of thiazole rings is 1. The zero-order chi connectivity index (χ0) is 19.4. The van der Waals surface area contributed by atoms with Gasteiger partial charge in [0, 0.05) is 30.5 Å². The lowest BCUT2D eigenvalue weighted by molar-refractivity contribution is -0.385. The number of carbonyl (C=O) groups is 1. The van der Waals surface area contributed by atoms with Crippen molar-refractivity contribution in [3.8, 4) is 0 Å². The van der Waals surface area contributed by atoms with Crippen LogP contribution in [0.1, 0.15) is 16.9 Å². The molecule has 2 heterocycles. The van der Waals surface area contributed by atoms with Crippen LogP contribution in [0.2, 0.25) is 10.0 Å². The van der Waals surface area contributed by atoms with E-state index in [0.717, 1.165) is 16.6 Å². The van der Waals surface area contributed by atoms with Gasteiger partial charge in [-0.25, -0.2) is 4.98 Å². The van der Waals surface area contributed by atoms with Crippen molar-refractivity contribution in [3.63, 3.8) is 0 Å². The molecule has 27 heavy (non-hydrogen) atoms. The highest BCUT2D eigenvalue weighted by Gasteiger charge is 2.12. The van der Waals surface area contributed by atoms with Gasteiger partial charge in [0.25, 0.3) is 0 Å². The van der Waals surface area contributed by atoms with Crippen LogP contribution in [0.5, 0.6) is 0 Å². The Labute approximate surface area is 167 Å². The van der Waals surface area contributed by atoms with E-state index in [1.165, 1.54) is 22.2 Å². The monoisotopic (exact) mass is 425 g/mol. The number of nitro groups is 1. The average molecular weight is 426 g/mol. The maximum absolute atomic E-state index is 12.0. The van der Waals surface area contributed by atoms with Crippen LogP contribution in [0.15, 0.2) is 36.8 Å². The molecule has 0 bridgehead atoms. The van der Waals surface area contributed by atoms with Crippen LogP contribution < -0.4 is 5.32 Å². The van der Waals surface area contributed by atoms with E-state index in [9.17, 15) is 14.9 Å². The molecule has 11 heteroatoms. The molecule has 3 rings (SSSR count). The van der Waals surface area contributed by atoms with Crippen molar-refractivity contribution in [1.82, 2.24) is 14.8 Å². The highest BCUT2D eigenvalue weighted by Crippen LogP contribution is 2.29. The molecule has 140 valence electrons. The minimum absolute atomic E-state index is 0.111. The molecule has 0 aliphatic heterocycles. The van der Waals surface area contributed by atoms with Crippen molar-refractivity contribution in [2.24, 2.45) is 0 Å². The molecule has 3 aromatic rings. The molecule has 8 nitrogen and oxygen atoms in total. The summed E-state index contributed by atoms with van der Waals surface area (Å²) in [6.07, 6.45) is 4.78. The van der Waals surface area contributed by atoms with Crippen LogP contribution in [0.25, 0.3) is 0 Å². The van der Waals surface area contributed by atoms with Crippen LogP contribution in [0.3, 0.4) is 0 Å². The summed E-state index contributed by atoms with van der Waals surface area (Å²) < 4.78 is 1.35. The van der Waals surface area contributed by atoms with Gasteiger partial charge in [-0.2, -0.15) is 5.10 Å². The fourth-order valence-electron chi connectivity index (χ4n) is 2.29. The Morgan fingerprint density at radius 1 is 1.33 bits per heavy atom. The summed E-state index contributed by atoms with van der Waals surface area (Å²) in [5, 5.41) is 18.6. The van der Waals surface area contributed by atoms with Crippen molar-refractivity contribution in [2.45, 2.75) is 19.4 Å². The van der Waals surface area contributed by atoms with Crippen molar-refractivity contribution in [1.29, 1.82) is 0 Å². The van der Waals surface area contributed by atoms with Crippen LogP contribution in [-0.2, 0) is 17.8 Å². The summed E-state index contributed by atoms with van der Waals surface area (Å²) in [6, 6.07) is 5.43. The van der Waals surface area contributed by atoms with E-state index in [1.807, 2.05) is 12.1 Å². The Morgan fingerprint density at radius 3 is 2.89 bits per heavy atom. The second-order valence-corrected chi connectivity index (χ2v) is 7.44. The second kappa shape index (κ2) is 8.47. The van der Waals surface area contributed by atoms with Gasteiger partial charge in [0.05, 0.1) is 15.0 Å². The van der Waals surface area contributed by atoms with Gasteiger partial charge in [0.2, 0.25) is 5.91 Å². The third kappa shape index (κ3) is 5.03. The van der Waals surface area contributed by atoms with Crippen LogP contribution >= 0.6 is 34.5 Å². The highest BCUT2D eigenvalue weighted by molar-refractivity contribution is 7.15. The summed E-state index contributed by atoms with van der Waals surface area (Å²) in [5.74, 6) is -0.255. The lowest BCUT2D eigenvalue weighted by Gasteiger charge is -2.03. The normalized spacial score (nSPS) is 10.7. The van der Waals surface area contributed by atoms with Gasteiger partial charge in [-0.3, -0.25) is 19.6 Å². The standard InChI is InChI=1S/C16H13Cl2N5O3S/c17-13-3-1-2-10(15(13)18)6-12-8-19-16(27-12)21-14(24)4-5-22-9-11(7-20-22)23(25)26/h1-3,7-9H,4-6H2,(H,19,21,24). The zero-order valence-electron chi connectivity index (χ0n) is 13.8. The number of amides is 1. The number of carbonyl (C=O) groups excluding carboxylic acids is 1. The number of nitrogens with one attached hydrogen (secondary N) is 1. The lowest BCUT2D eigenvalue weighted by atomic mass is 10.1. The Balaban J connectivity index is 1.54. The average Bonchev–Trinajstić information content (AvgIpc) is 3.27. The van der Waals surface area contributed by atoms with Gasteiger partial charge >= 0.3 is 5.69 Å². The Morgan fingerprint density at radius 2 is 2.15 bits per heavy atom. The van der Waals surface area contributed by atoms with Crippen LogP contribution in [0.4, 0.5) is 10.8 Å². The molecular weight excluding hydrogens is 413 g/mol. The summed E-state index contributed by atoms with van der Waals surface area (Å²) in [4.78, 5) is 27.2. The van der Waals surface area contributed by atoms with Gasteiger partial charge < -0.3 is 5.32 Å². The molecule has 1 aromatic carbocycles. The summed E-state index contributed by atoms with van der Waals surface area (Å²) >= 11 is 13.5. The van der Waals surface area contributed by atoms with E-state index < -0.39 is 4.92 Å². The SMILES string of the molecule is O=C(CCn1cc([N+](=O)[O-])cn1)Nc1ncc(Cc2cccc(Cl)c2Cl)s1. The minimum atomic E-state index is -0.535. The summed E-state index contributed by atoms with van der Waals surface area (Å²) in [7, 11) is 0. The minimum Gasteiger partial charge on any atom is -0.302 e. The van der Waals surface area contributed by atoms with Crippen LogP contribution in [0, 0.1) is 10.1 Å². The predicted molar refractivity (Wildman–Crippen MR) is 104 cm³/mol. The maximum atomic E-state index is 12.0. The van der Waals surface area contributed by atoms with Crippen LogP contribution in [-0.4, -0.2) is 25.6 Å². The molecular formula is C16H13Cl2N5O3S. The number of aryl methyl sites for hydroxylation is 1. The molecule has 0 saturated carbocycles. The number of hydrogen-bond acceptors (Lipinski definition) is 6. The van der Waals surface area contributed by atoms with E-state index >= 15 is 0 Å². The van der Waals surface area contributed by atoms with E-state index in [0.29, 0.717) is 21.6 Å². The number of hydrogen-bond donors (Lipinski definition) is 1. The number of nitrogens with zero attached hydrogens (tertiary/aromatic N) is 4. The quantitative estimate of drug-likeness (QED) is 0.451. The molecule has 0 saturated heterocycles. The number of rotatable bonds is 7. The fraction of sp³-hybridized carbons (Fsp3) is 0.188. The number of anilines is 1. The molecule has 0 aliphatic carbocycles. The zero-order valence-corrected chi connectivity index (χ0v) is 16.1. The van der Waals surface area contributed by atoms with Crippen molar-refractivity contribution in [3.05, 3.63) is 67.4 Å². The summed E-state index contributed by atoms with van der Waals surface area (Å²) in [5.41, 5.74) is 0.769. The number of aromatic nitrogens is 3. The van der Waals surface area contributed by atoms with E-state index in [1.54, 1.807) is 12.3 Å². The highest BCUT2D eigenvalue weighted by atomic mass is 35.5. The molecule has 1 amide bonds. The molecule has 0 aliphatic rings. The first-order chi connectivity index (χ1) is 12.9. The molecule has 1 N–H and O–H groups in total. The summed E-state index contributed by atoms with van der Waals surface area (Å²) in [6.45, 7) is 0.232. The first kappa shape index (κ1) is 19.3. The topological polar surface area (TPSA) is 103 Å². The molecule has 0 radical (unpaired) electrons. The molecule has 0 atom stereocenters. The first-order valence-corrected chi connectivity index (χ1v) is 9.34. The number of benzene rings is 1. The van der Waals surface area contributed by atoms with Gasteiger partial charge in [-0.05, 0) is 11.6 Å². The third-order valence-corrected chi connectivity index (χ3v) is 5.37. The fourth-order valence-corrected chi connectivity index (χ4v) is 3.53. The molecule has 0 fully saturated rings. The maximum Gasteiger partial charge on any atom is 0.306 e. The van der Waals surface area contributed by atoms with Gasteiger partial charge in [0.15, 0.2) is 5.13 Å². The second-order valence-electron chi connectivity index (χ2n) is 5.54.